The molecule has 4 rings (SSSR count). The van der Waals surface area contributed by atoms with Gasteiger partial charge in [-0.2, -0.15) is 0 Å². The van der Waals surface area contributed by atoms with E-state index in [0.717, 1.165) is 17.0 Å². The molecular formula is C23H17Cl2NO. The SMILES string of the molecule is Clc1cccc(Cl)c1Nc1ccc(OCc2ccc3ccccc3c2)cc1. The highest BCUT2D eigenvalue weighted by atomic mass is 35.5. The molecule has 0 unspecified atom stereocenters. The number of nitrogens with one attached hydrogen (secondary N) is 1. The normalized spacial score (nSPS) is 10.7. The molecule has 4 aromatic rings. The summed E-state index contributed by atoms with van der Waals surface area (Å²) in [5.41, 5.74) is 2.73. The van der Waals surface area contributed by atoms with Crippen molar-refractivity contribution >= 4 is 45.3 Å². The largest absolute Gasteiger partial charge is 0.489 e. The zero-order valence-corrected chi connectivity index (χ0v) is 16.0. The minimum atomic E-state index is 0.522. The third-order valence-corrected chi connectivity index (χ3v) is 4.94. The van der Waals surface area contributed by atoms with E-state index in [-0.39, 0.29) is 0 Å². The summed E-state index contributed by atoms with van der Waals surface area (Å²) in [5, 5.41) is 6.86. The number of hydrogen-bond acceptors (Lipinski definition) is 2. The van der Waals surface area contributed by atoms with Crippen molar-refractivity contribution in [1.29, 1.82) is 0 Å². The van der Waals surface area contributed by atoms with E-state index in [2.05, 4.69) is 35.6 Å². The van der Waals surface area contributed by atoms with E-state index in [1.807, 2.05) is 42.5 Å². The molecule has 0 aromatic heterocycles. The molecule has 0 spiro atoms. The van der Waals surface area contributed by atoms with E-state index < -0.39 is 0 Å². The maximum atomic E-state index is 6.20. The predicted molar refractivity (Wildman–Crippen MR) is 114 cm³/mol. The van der Waals surface area contributed by atoms with E-state index in [9.17, 15) is 0 Å². The molecule has 2 nitrogen and oxygen atoms in total. The molecule has 0 bridgehead atoms. The number of fused-ring (bicyclic) bond motifs is 1. The third kappa shape index (κ3) is 4.19. The highest BCUT2D eigenvalue weighted by molar-refractivity contribution is 6.39. The Bertz CT molecular complexity index is 1060. The number of benzene rings is 4. The van der Waals surface area contributed by atoms with Crippen molar-refractivity contribution in [2.75, 3.05) is 5.32 Å². The second-order valence-corrected chi connectivity index (χ2v) is 7.03. The van der Waals surface area contributed by atoms with Crippen molar-refractivity contribution in [2.45, 2.75) is 6.61 Å². The van der Waals surface area contributed by atoms with Gasteiger partial charge in [0, 0.05) is 5.69 Å². The van der Waals surface area contributed by atoms with Crippen molar-refractivity contribution in [3.63, 3.8) is 0 Å². The minimum absolute atomic E-state index is 0.522. The number of anilines is 2. The first kappa shape index (κ1) is 17.7. The van der Waals surface area contributed by atoms with Crippen molar-refractivity contribution in [2.24, 2.45) is 0 Å². The monoisotopic (exact) mass is 393 g/mol. The summed E-state index contributed by atoms with van der Waals surface area (Å²) in [6.45, 7) is 0.522. The van der Waals surface area contributed by atoms with Crippen LogP contribution in [0.15, 0.2) is 84.9 Å². The number of para-hydroxylation sites is 1. The van der Waals surface area contributed by atoms with E-state index in [1.54, 1.807) is 12.1 Å². The molecule has 1 N–H and O–H groups in total. The molecule has 0 amide bonds. The Morgan fingerprint density at radius 1 is 0.704 bits per heavy atom. The van der Waals surface area contributed by atoms with Crippen LogP contribution in [0.2, 0.25) is 10.0 Å². The van der Waals surface area contributed by atoms with Crippen LogP contribution in [0, 0.1) is 0 Å². The van der Waals surface area contributed by atoms with Crippen LogP contribution in [0.25, 0.3) is 10.8 Å². The second-order valence-electron chi connectivity index (χ2n) is 6.22. The highest BCUT2D eigenvalue weighted by Crippen LogP contribution is 2.33. The number of halogens is 2. The molecule has 0 fully saturated rings. The van der Waals surface area contributed by atoms with E-state index in [1.165, 1.54) is 10.8 Å². The van der Waals surface area contributed by atoms with Crippen molar-refractivity contribution < 1.29 is 4.74 Å². The van der Waals surface area contributed by atoms with Crippen LogP contribution in [0.5, 0.6) is 5.75 Å². The van der Waals surface area contributed by atoms with Gasteiger partial charge in [0.2, 0.25) is 0 Å². The zero-order chi connectivity index (χ0) is 18.6. The second kappa shape index (κ2) is 7.91. The third-order valence-electron chi connectivity index (χ3n) is 4.31. The maximum absolute atomic E-state index is 6.20. The van der Waals surface area contributed by atoms with Crippen molar-refractivity contribution in [3.05, 3.63) is 101 Å². The van der Waals surface area contributed by atoms with Gasteiger partial charge in [-0.05, 0) is 58.8 Å². The van der Waals surface area contributed by atoms with Gasteiger partial charge in [-0.3, -0.25) is 0 Å². The fourth-order valence-electron chi connectivity index (χ4n) is 2.89. The molecule has 0 heterocycles. The average molecular weight is 394 g/mol. The molecule has 0 atom stereocenters. The number of hydrogen-bond donors (Lipinski definition) is 1. The quantitative estimate of drug-likeness (QED) is 0.379. The summed E-state index contributed by atoms with van der Waals surface area (Å²) >= 11 is 12.4. The fourth-order valence-corrected chi connectivity index (χ4v) is 3.38. The van der Waals surface area contributed by atoms with E-state index >= 15 is 0 Å². The van der Waals surface area contributed by atoms with Crippen molar-refractivity contribution in [3.8, 4) is 5.75 Å². The Hall–Kier alpha value is -2.68. The summed E-state index contributed by atoms with van der Waals surface area (Å²) < 4.78 is 5.91. The summed E-state index contributed by atoms with van der Waals surface area (Å²) in [6, 6.07) is 27.8. The van der Waals surface area contributed by atoms with Gasteiger partial charge in [0.25, 0.3) is 0 Å². The lowest BCUT2D eigenvalue weighted by Crippen LogP contribution is -1.96. The van der Waals surface area contributed by atoms with Crippen LogP contribution in [0.4, 0.5) is 11.4 Å². The summed E-state index contributed by atoms with van der Waals surface area (Å²) in [6.07, 6.45) is 0. The average Bonchev–Trinajstić information content (AvgIpc) is 2.70. The summed E-state index contributed by atoms with van der Waals surface area (Å²) in [5.74, 6) is 0.805. The lowest BCUT2D eigenvalue weighted by atomic mass is 10.1. The van der Waals surface area contributed by atoms with Gasteiger partial charge in [-0.25, -0.2) is 0 Å². The predicted octanol–water partition coefficient (Wildman–Crippen LogP) is 7.47. The van der Waals surface area contributed by atoms with Gasteiger partial charge in [0.05, 0.1) is 15.7 Å². The molecule has 4 aromatic carbocycles. The van der Waals surface area contributed by atoms with E-state index in [4.69, 9.17) is 27.9 Å². The van der Waals surface area contributed by atoms with Gasteiger partial charge in [0.1, 0.15) is 12.4 Å². The van der Waals surface area contributed by atoms with Gasteiger partial charge < -0.3 is 10.1 Å². The molecule has 134 valence electrons. The fraction of sp³-hybridized carbons (Fsp3) is 0.0435. The first-order valence-corrected chi connectivity index (χ1v) is 9.36. The highest BCUT2D eigenvalue weighted by Gasteiger charge is 2.06. The maximum Gasteiger partial charge on any atom is 0.119 e. The van der Waals surface area contributed by atoms with Crippen LogP contribution in [0.3, 0.4) is 0 Å². The Morgan fingerprint density at radius 3 is 2.15 bits per heavy atom. The molecule has 0 aliphatic heterocycles. The number of ether oxygens (including phenoxy) is 1. The Labute approximate surface area is 168 Å². The Kier molecular flexibility index (Phi) is 5.19. The minimum Gasteiger partial charge on any atom is -0.489 e. The van der Waals surface area contributed by atoms with E-state index in [0.29, 0.717) is 22.3 Å². The van der Waals surface area contributed by atoms with Crippen LogP contribution in [0.1, 0.15) is 5.56 Å². The van der Waals surface area contributed by atoms with Crippen LogP contribution in [-0.2, 0) is 6.61 Å². The molecule has 0 radical (unpaired) electrons. The van der Waals surface area contributed by atoms with Gasteiger partial charge in [0.15, 0.2) is 0 Å². The summed E-state index contributed by atoms with van der Waals surface area (Å²) in [7, 11) is 0. The molecule has 27 heavy (non-hydrogen) atoms. The van der Waals surface area contributed by atoms with Crippen LogP contribution >= 0.6 is 23.2 Å². The topological polar surface area (TPSA) is 21.3 Å². The van der Waals surface area contributed by atoms with Gasteiger partial charge >= 0.3 is 0 Å². The lowest BCUT2D eigenvalue weighted by Gasteiger charge is -2.12. The van der Waals surface area contributed by atoms with Crippen LogP contribution in [-0.4, -0.2) is 0 Å². The molecule has 0 aliphatic rings. The Balaban J connectivity index is 1.43. The molecule has 0 saturated carbocycles. The smallest absolute Gasteiger partial charge is 0.119 e. The van der Waals surface area contributed by atoms with Gasteiger partial charge in [-0.1, -0.05) is 65.7 Å². The molecular weight excluding hydrogens is 377 g/mol. The molecule has 0 saturated heterocycles. The summed E-state index contributed by atoms with van der Waals surface area (Å²) in [4.78, 5) is 0. The van der Waals surface area contributed by atoms with Gasteiger partial charge in [-0.15, -0.1) is 0 Å². The van der Waals surface area contributed by atoms with Crippen LogP contribution < -0.4 is 10.1 Å². The first-order valence-electron chi connectivity index (χ1n) is 8.61. The molecule has 4 heteroatoms. The number of rotatable bonds is 5. The van der Waals surface area contributed by atoms with Crippen molar-refractivity contribution in [1.82, 2.24) is 0 Å². The molecule has 0 aliphatic carbocycles. The zero-order valence-electron chi connectivity index (χ0n) is 14.5. The lowest BCUT2D eigenvalue weighted by molar-refractivity contribution is 0.306. The first-order chi connectivity index (χ1) is 13.2. The standard InChI is InChI=1S/C23H17Cl2NO/c24-21-6-3-7-22(25)23(21)26-19-10-12-20(13-11-19)27-15-16-8-9-17-4-1-2-5-18(17)14-16/h1-14,26H,15H2. The Morgan fingerprint density at radius 2 is 1.41 bits per heavy atom.